The normalized spacial score (nSPS) is 15.2. The second-order valence-electron chi connectivity index (χ2n) is 9.22. The number of ether oxygens (including phenoxy) is 1. The van der Waals surface area contributed by atoms with Crippen molar-refractivity contribution < 1.29 is 13.2 Å². The lowest BCUT2D eigenvalue weighted by molar-refractivity contribution is 0.413. The highest BCUT2D eigenvalue weighted by Gasteiger charge is 2.29. The first kappa shape index (κ1) is 25.2. The number of benzene rings is 2. The van der Waals surface area contributed by atoms with Crippen LogP contribution in [0.3, 0.4) is 0 Å². The minimum absolute atomic E-state index is 0.273. The molecule has 0 spiro atoms. The third-order valence-electron chi connectivity index (χ3n) is 6.84. The maximum absolute atomic E-state index is 13.4. The van der Waals surface area contributed by atoms with Crippen LogP contribution < -0.4 is 9.64 Å². The number of methoxy groups -OCH3 is 1. The molecule has 3 heterocycles. The van der Waals surface area contributed by atoms with Crippen molar-refractivity contribution in [3.05, 3.63) is 65.6 Å². The highest BCUT2D eigenvalue weighted by molar-refractivity contribution is 7.89. The van der Waals surface area contributed by atoms with E-state index in [-0.39, 0.29) is 4.90 Å². The fourth-order valence-corrected chi connectivity index (χ4v) is 6.27. The molecule has 1 aliphatic heterocycles. The summed E-state index contributed by atoms with van der Waals surface area (Å²) in [4.78, 5) is 12.2. The predicted molar refractivity (Wildman–Crippen MR) is 144 cm³/mol. The van der Waals surface area contributed by atoms with E-state index in [4.69, 9.17) is 19.8 Å². The SMILES string of the molecule is CCc1nc(N2CCCN(S(=O)(=O)c3ccc(OC)cc3)CC2)c2c(C)nn(-c3ccccc3C)c2n1. The van der Waals surface area contributed by atoms with Crippen molar-refractivity contribution in [1.82, 2.24) is 24.1 Å². The van der Waals surface area contributed by atoms with Crippen molar-refractivity contribution in [2.45, 2.75) is 38.5 Å². The molecule has 4 aromatic rings. The van der Waals surface area contributed by atoms with Gasteiger partial charge >= 0.3 is 0 Å². The fourth-order valence-electron chi connectivity index (χ4n) is 4.80. The van der Waals surface area contributed by atoms with Crippen LogP contribution in [0.4, 0.5) is 5.82 Å². The maximum atomic E-state index is 13.4. The van der Waals surface area contributed by atoms with Gasteiger partial charge in [0, 0.05) is 32.6 Å². The van der Waals surface area contributed by atoms with Crippen LogP contribution in [-0.2, 0) is 16.4 Å². The minimum atomic E-state index is -3.61. The Balaban J connectivity index is 1.50. The second-order valence-corrected chi connectivity index (χ2v) is 11.2. The molecule has 37 heavy (non-hydrogen) atoms. The zero-order valence-corrected chi connectivity index (χ0v) is 22.5. The van der Waals surface area contributed by atoms with Crippen molar-refractivity contribution >= 4 is 26.9 Å². The summed E-state index contributed by atoms with van der Waals surface area (Å²) >= 11 is 0. The number of rotatable bonds is 6. The largest absolute Gasteiger partial charge is 0.497 e. The first-order chi connectivity index (χ1) is 17.8. The molecule has 0 saturated carbocycles. The summed E-state index contributed by atoms with van der Waals surface area (Å²) in [5.74, 6) is 2.19. The highest BCUT2D eigenvalue weighted by Crippen LogP contribution is 2.31. The zero-order chi connectivity index (χ0) is 26.2. The standard InChI is InChI=1S/C27H32N6O3S/c1-5-24-28-26(25-20(3)30-33(27(25)29-24)23-10-7-6-9-19(23)2)31-15-8-16-32(18-17-31)37(34,35)22-13-11-21(36-4)12-14-22/h6-7,9-14H,5,8,15-18H2,1-4H3. The average Bonchev–Trinajstić information content (AvgIpc) is 3.07. The van der Waals surface area contributed by atoms with Gasteiger partial charge in [-0.2, -0.15) is 9.40 Å². The van der Waals surface area contributed by atoms with E-state index in [1.807, 2.05) is 36.7 Å². The van der Waals surface area contributed by atoms with Crippen molar-refractivity contribution in [1.29, 1.82) is 0 Å². The lowest BCUT2D eigenvalue weighted by atomic mass is 10.2. The molecule has 2 aromatic heterocycles. The van der Waals surface area contributed by atoms with E-state index in [0.29, 0.717) is 44.8 Å². The lowest BCUT2D eigenvalue weighted by Gasteiger charge is -2.24. The summed E-state index contributed by atoms with van der Waals surface area (Å²) in [5, 5.41) is 5.76. The molecular formula is C27H32N6O3S. The van der Waals surface area contributed by atoms with Crippen LogP contribution >= 0.6 is 0 Å². The Kier molecular flexibility index (Phi) is 6.87. The molecule has 0 bridgehead atoms. The molecule has 1 aliphatic rings. The number of aryl methyl sites for hydroxylation is 3. The molecular weight excluding hydrogens is 488 g/mol. The zero-order valence-electron chi connectivity index (χ0n) is 21.7. The number of hydrogen-bond donors (Lipinski definition) is 0. The van der Waals surface area contributed by atoms with Crippen molar-refractivity contribution in [3.63, 3.8) is 0 Å². The topological polar surface area (TPSA) is 93.5 Å². The van der Waals surface area contributed by atoms with Gasteiger partial charge in [-0.05, 0) is 56.2 Å². The number of hydrogen-bond acceptors (Lipinski definition) is 7. The summed E-state index contributed by atoms with van der Waals surface area (Å²) in [6, 6.07) is 14.7. The minimum Gasteiger partial charge on any atom is -0.497 e. The van der Waals surface area contributed by atoms with Gasteiger partial charge in [0.1, 0.15) is 17.4 Å². The maximum Gasteiger partial charge on any atom is 0.243 e. The van der Waals surface area contributed by atoms with E-state index in [1.165, 1.54) is 0 Å². The van der Waals surface area contributed by atoms with E-state index in [9.17, 15) is 8.42 Å². The summed E-state index contributed by atoms with van der Waals surface area (Å²) in [5.41, 5.74) is 3.72. The Labute approximate surface area is 217 Å². The van der Waals surface area contributed by atoms with E-state index in [1.54, 1.807) is 35.7 Å². The lowest BCUT2D eigenvalue weighted by Crippen LogP contribution is -2.35. The monoisotopic (exact) mass is 520 g/mol. The summed E-state index contributed by atoms with van der Waals surface area (Å²) in [6.45, 7) is 8.12. The molecule has 0 N–H and O–H groups in total. The number of aromatic nitrogens is 4. The van der Waals surface area contributed by atoms with Crippen molar-refractivity contribution in [2.24, 2.45) is 0 Å². The summed E-state index contributed by atoms with van der Waals surface area (Å²) < 4.78 is 35.4. The van der Waals surface area contributed by atoms with E-state index < -0.39 is 10.0 Å². The molecule has 0 atom stereocenters. The highest BCUT2D eigenvalue weighted by atomic mass is 32.2. The Bertz CT molecular complexity index is 1530. The summed E-state index contributed by atoms with van der Waals surface area (Å²) in [7, 11) is -2.05. The van der Waals surface area contributed by atoms with E-state index in [0.717, 1.165) is 39.6 Å². The van der Waals surface area contributed by atoms with Crippen molar-refractivity contribution in [3.8, 4) is 11.4 Å². The van der Waals surface area contributed by atoms with Crippen LogP contribution in [0.1, 0.15) is 30.4 Å². The smallest absolute Gasteiger partial charge is 0.243 e. The number of nitrogens with zero attached hydrogens (tertiary/aromatic N) is 6. The molecule has 9 nitrogen and oxygen atoms in total. The molecule has 2 aromatic carbocycles. The molecule has 0 unspecified atom stereocenters. The van der Waals surface area contributed by atoms with Crippen LogP contribution in [-0.4, -0.2) is 65.8 Å². The van der Waals surface area contributed by atoms with Crippen molar-refractivity contribution in [2.75, 3.05) is 38.2 Å². The van der Waals surface area contributed by atoms with Gasteiger partial charge in [0.15, 0.2) is 5.65 Å². The van der Waals surface area contributed by atoms with Gasteiger partial charge in [-0.1, -0.05) is 25.1 Å². The van der Waals surface area contributed by atoms with Crippen LogP contribution in [0.2, 0.25) is 0 Å². The van der Waals surface area contributed by atoms with Crippen LogP contribution in [0.25, 0.3) is 16.7 Å². The van der Waals surface area contributed by atoms with Gasteiger partial charge in [0.25, 0.3) is 0 Å². The van der Waals surface area contributed by atoms with Gasteiger partial charge in [-0.15, -0.1) is 0 Å². The molecule has 194 valence electrons. The quantitative estimate of drug-likeness (QED) is 0.381. The van der Waals surface area contributed by atoms with Crippen LogP contribution in [0.5, 0.6) is 5.75 Å². The molecule has 0 amide bonds. The third kappa shape index (κ3) is 4.67. The first-order valence-electron chi connectivity index (χ1n) is 12.5. The van der Waals surface area contributed by atoms with E-state index >= 15 is 0 Å². The molecule has 10 heteroatoms. The molecule has 1 fully saturated rings. The average molecular weight is 521 g/mol. The Morgan fingerprint density at radius 2 is 1.70 bits per heavy atom. The van der Waals surface area contributed by atoms with Gasteiger partial charge in [0.05, 0.1) is 28.8 Å². The van der Waals surface area contributed by atoms with Gasteiger partial charge < -0.3 is 9.64 Å². The number of anilines is 1. The van der Waals surface area contributed by atoms with Gasteiger partial charge in [-0.3, -0.25) is 0 Å². The summed E-state index contributed by atoms with van der Waals surface area (Å²) in [6.07, 6.45) is 1.38. The Morgan fingerprint density at radius 3 is 2.41 bits per heavy atom. The number of fused-ring (bicyclic) bond motifs is 1. The number of para-hydroxylation sites is 1. The molecule has 5 rings (SSSR count). The fraction of sp³-hybridized carbons (Fsp3) is 0.370. The molecule has 1 saturated heterocycles. The van der Waals surface area contributed by atoms with Gasteiger partial charge in [0.2, 0.25) is 10.0 Å². The number of sulfonamides is 1. The van der Waals surface area contributed by atoms with E-state index in [2.05, 4.69) is 17.9 Å². The van der Waals surface area contributed by atoms with Gasteiger partial charge in [-0.25, -0.2) is 23.1 Å². The van der Waals surface area contributed by atoms with Crippen LogP contribution in [0, 0.1) is 13.8 Å². The Hall–Kier alpha value is -3.50. The second kappa shape index (κ2) is 10.1. The molecule has 0 aliphatic carbocycles. The molecule has 0 radical (unpaired) electrons. The van der Waals surface area contributed by atoms with Crippen LogP contribution in [0.15, 0.2) is 53.4 Å². The predicted octanol–water partition coefficient (Wildman–Crippen LogP) is 3.90. The Morgan fingerprint density at radius 1 is 0.946 bits per heavy atom. The third-order valence-corrected chi connectivity index (χ3v) is 8.75. The first-order valence-corrected chi connectivity index (χ1v) is 14.0.